The molecule has 0 amide bonds. The van der Waals surface area contributed by atoms with E-state index in [1.165, 1.54) is 0 Å². The lowest BCUT2D eigenvalue weighted by molar-refractivity contribution is 0.364. The highest BCUT2D eigenvalue weighted by molar-refractivity contribution is 5.49. The van der Waals surface area contributed by atoms with Crippen LogP contribution in [0.3, 0.4) is 0 Å². The van der Waals surface area contributed by atoms with E-state index >= 15 is 0 Å². The van der Waals surface area contributed by atoms with Gasteiger partial charge in [0.1, 0.15) is 11.8 Å². The number of aryl methyl sites for hydroxylation is 1. The Labute approximate surface area is 140 Å². The summed E-state index contributed by atoms with van der Waals surface area (Å²) >= 11 is 0. The summed E-state index contributed by atoms with van der Waals surface area (Å²) in [4.78, 5) is 4.22. The molecule has 1 heterocycles. The molecule has 0 aliphatic carbocycles. The van der Waals surface area contributed by atoms with Crippen LogP contribution < -0.4 is 14.8 Å². The third-order valence-corrected chi connectivity index (χ3v) is 3.45. The third kappa shape index (κ3) is 3.65. The van der Waals surface area contributed by atoms with Crippen molar-refractivity contribution in [3.05, 3.63) is 60.2 Å². The lowest BCUT2D eigenvalue weighted by Gasteiger charge is -2.13. The van der Waals surface area contributed by atoms with Crippen LogP contribution in [0.2, 0.25) is 0 Å². The van der Waals surface area contributed by atoms with E-state index in [1.54, 1.807) is 14.0 Å². The first-order valence-electron chi connectivity index (χ1n) is 7.63. The van der Waals surface area contributed by atoms with Crippen molar-refractivity contribution in [3.8, 4) is 17.2 Å². The van der Waals surface area contributed by atoms with Crippen molar-refractivity contribution in [2.45, 2.75) is 19.9 Å². The highest BCUT2D eigenvalue weighted by Gasteiger charge is 2.12. The molecule has 2 aromatic carbocycles. The molecule has 0 saturated heterocycles. The van der Waals surface area contributed by atoms with Crippen LogP contribution in [0.25, 0.3) is 0 Å². The number of rotatable bonds is 6. The summed E-state index contributed by atoms with van der Waals surface area (Å²) < 4.78 is 16.3. The number of nitrogens with zero attached hydrogens (tertiary/aromatic N) is 2. The van der Waals surface area contributed by atoms with Gasteiger partial charge in [-0.1, -0.05) is 17.3 Å². The van der Waals surface area contributed by atoms with Gasteiger partial charge in [0.25, 0.3) is 0 Å². The average molecular weight is 325 g/mol. The molecular weight excluding hydrogens is 306 g/mol. The van der Waals surface area contributed by atoms with Gasteiger partial charge in [-0.05, 0) is 50.2 Å². The van der Waals surface area contributed by atoms with Crippen molar-refractivity contribution in [1.29, 1.82) is 0 Å². The van der Waals surface area contributed by atoms with E-state index in [-0.39, 0.29) is 6.04 Å². The van der Waals surface area contributed by atoms with Crippen molar-refractivity contribution < 1.29 is 14.0 Å². The molecule has 1 N–H and O–H groups in total. The normalized spacial score (nSPS) is 11.8. The lowest BCUT2D eigenvalue weighted by atomic mass is 10.2. The zero-order valence-corrected chi connectivity index (χ0v) is 13.8. The minimum atomic E-state index is -0.0767. The Morgan fingerprint density at radius 1 is 1.04 bits per heavy atom. The fraction of sp³-hybridized carbons (Fsp3) is 0.222. The summed E-state index contributed by atoms with van der Waals surface area (Å²) in [5, 5.41) is 7.11. The maximum atomic E-state index is 5.85. The van der Waals surface area contributed by atoms with Crippen LogP contribution in [0.1, 0.15) is 24.7 Å². The molecule has 0 spiro atoms. The number of hydrogen-bond acceptors (Lipinski definition) is 6. The molecule has 6 heteroatoms. The number of hydrogen-bond donors (Lipinski definition) is 1. The lowest BCUT2D eigenvalue weighted by Crippen LogP contribution is -2.06. The molecule has 1 aromatic heterocycles. The van der Waals surface area contributed by atoms with Crippen LogP contribution in [-0.4, -0.2) is 17.3 Å². The maximum Gasteiger partial charge on any atom is 0.248 e. The van der Waals surface area contributed by atoms with Crippen LogP contribution in [0.5, 0.6) is 17.2 Å². The van der Waals surface area contributed by atoms with Gasteiger partial charge in [0.05, 0.1) is 7.11 Å². The van der Waals surface area contributed by atoms with E-state index in [0.29, 0.717) is 23.2 Å². The topological polar surface area (TPSA) is 69.4 Å². The molecule has 24 heavy (non-hydrogen) atoms. The molecule has 0 radical (unpaired) electrons. The molecular formula is C18H19N3O3. The SMILES string of the molecule is COc1ccccc1Oc1ccc(N[C@H](C)c2nc(C)no2)cc1. The van der Waals surface area contributed by atoms with Crippen LogP contribution in [0.4, 0.5) is 5.69 Å². The third-order valence-electron chi connectivity index (χ3n) is 3.45. The average Bonchev–Trinajstić information content (AvgIpc) is 3.04. The Bertz CT molecular complexity index is 799. The van der Waals surface area contributed by atoms with Gasteiger partial charge in [0.2, 0.25) is 5.89 Å². The van der Waals surface area contributed by atoms with Gasteiger partial charge < -0.3 is 19.3 Å². The fourth-order valence-corrected chi connectivity index (χ4v) is 2.25. The number of anilines is 1. The standard InChI is InChI=1S/C18H19N3O3/c1-12(18-20-13(2)21-24-18)19-14-8-10-15(11-9-14)23-17-7-5-4-6-16(17)22-3/h4-12,19H,1-3H3/t12-/m1/s1. The zero-order valence-electron chi connectivity index (χ0n) is 13.8. The first-order chi connectivity index (χ1) is 11.7. The Kier molecular flexibility index (Phi) is 4.65. The molecule has 124 valence electrons. The largest absolute Gasteiger partial charge is 0.493 e. The molecule has 3 rings (SSSR count). The predicted molar refractivity (Wildman–Crippen MR) is 90.6 cm³/mol. The van der Waals surface area contributed by atoms with E-state index in [9.17, 15) is 0 Å². The van der Waals surface area contributed by atoms with Crippen molar-refractivity contribution >= 4 is 5.69 Å². The summed E-state index contributed by atoms with van der Waals surface area (Å²) in [5.74, 6) is 3.28. The number of ether oxygens (including phenoxy) is 2. The smallest absolute Gasteiger partial charge is 0.248 e. The summed E-state index contributed by atoms with van der Waals surface area (Å²) in [6.45, 7) is 3.76. The van der Waals surface area contributed by atoms with Gasteiger partial charge >= 0.3 is 0 Å². The fourth-order valence-electron chi connectivity index (χ4n) is 2.25. The van der Waals surface area contributed by atoms with E-state index < -0.39 is 0 Å². The highest BCUT2D eigenvalue weighted by Crippen LogP contribution is 2.31. The highest BCUT2D eigenvalue weighted by atomic mass is 16.5. The van der Waals surface area contributed by atoms with Crippen molar-refractivity contribution in [3.63, 3.8) is 0 Å². The summed E-state index contributed by atoms with van der Waals surface area (Å²) in [5.41, 5.74) is 0.936. The van der Waals surface area contributed by atoms with Crippen LogP contribution in [0.15, 0.2) is 53.1 Å². The quantitative estimate of drug-likeness (QED) is 0.726. The van der Waals surface area contributed by atoms with Crippen molar-refractivity contribution in [2.24, 2.45) is 0 Å². The molecule has 0 fully saturated rings. The van der Waals surface area contributed by atoms with E-state index in [4.69, 9.17) is 14.0 Å². The Morgan fingerprint density at radius 3 is 2.38 bits per heavy atom. The summed E-state index contributed by atoms with van der Waals surface area (Å²) in [6.07, 6.45) is 0. The molecule has 0 aliphatic rings. The first-order valence-corrected chi connectivity index (χ1v) is 7.63. The van der Waals surface area contributed by atoms with Gasteiger partial charge in [0.15, 0.2) is 17.3 Å². The van der Waals surface area contributed by atoms with Gasteiger partial charge in [0, 0.05) is 5.69 Å². The van der Waals surface area contributed by atoms with Crippen molar-refractivity contribution in [1.82, 2.24) is 10.1 Å². The predicted octanol–water partition coefficient (Wildman–Crippen LogP) is 4.35. The molecule has 3 aromatic rings. The van der Waals surface area contributed by atoms with Gasteiger partial charge in [-0.15, -0.1) is 0 Å². The van der Waals surface area contributed by atoms with Gasteiger partial charge in [-0.3, -0.25) is 0 Å². The monoisotopic (exact) mass is 325 g/mol. The number of methoxy groups -OCH3 is 1. The molecule has 0 saturated carbocycles. The van der Waals surface area contributed by atoms with Gasteiger partial charge in [-0.2, -0.15) is 4.98 Å². The van der Waals surface area contributed by atoms with Gasteiger partial charge in [-0.25, -0.2) is 0 Å². The molecule has 1 atom stereocenters. The zero-order chi connectivity index (χ0) is 16.9. The number of nitrogens with one attached hydrogen (secondary N) is 1. The van der Waals surface area contributed by atoms with E-state index in [0.717, 1.165) is 11.4 Å². The van der Waals surface area contributed by atoms with E-state index in [2.05, 4.69) is 15.5 Å². The first kappa shape index (κ1) is 15.9. The van der Waals surface area contributed by atoms with Crippen molar-refractivity contribution in [2.75, 3.05) is 12.4 Å². The minimum absolute atomic E-state index is 0.0767. The molecule has 0 aliphatic heterocycles. The molecule has 0 bridgehead atoms. The number of para-hydroxylation sites is 2. The Balaban J connectivity index is 1.67. The summed E-state index contributed by atoms with van der Waals surface area (Å²) in [7, 11) is 1.62. The Hall–Kier alpha value is -3.02. The second kappa shape index (κ2) is 7.04. The molecule has 0 unspecified atom stereocenters. The van der Waals surface area contributed by atoms with Crippen LogP contribution >= 0.6 is 0 Å². The molecule has 6 nitrogen and oxygen atoms in total. The minimum Gasteiger partial charge on any atom is -0.493 e. The second-order valence-electron chi connectivity index (χ2n) is 5.32. The van der Waals surface area contributed by atoms with E-state index in [1.807, 2.05) is 55.5 Å². The maximum absolute atomic E-state index is 5.85. The van der Waals surface area contributed by atoms with Crippen LogP contribution in [0, 0.1) is 6.92 Å². The number of benzene rings is 2. The second-order valence-corrected chi connectivity index (χ2v) is 5.32. The Morgan fingerprint density at radius 2 is 1.75 bits per heavy atom. The van der Waals surface area contributed by atoms with Crippen LogP contribution in [-0.2, 0) is 0 Å². The number of aromatic nitrogens is 2. The summed E-state index contributed by atoms with van der Waals surface area (Å²) in [6, 6.07) is 15.1.